The molecule has 1 aliphatic heterocycles. The Balaban J connectivity index is 1.79. The molecule has 1 aliphatic rings. The molecule has 21 heavy (non-hydrogen) atoms. The van der Waals surface area contributed by atoms with Gasteiger partial charge in [-0.3, -0.25) is 9.89 Å². The molecular weight excluding hydrogens is 268 g/mol. The van der Waals surface area contributed by atoms with Gasteiger partial charge in [-0.1, -0.05) is 6.92 Å². The van der Waals surface area contributed by atoms with Crippen LogP contribution in [0.3, 0.4) is 0 Å². The lowest BCUT2D eigenvalue weighted by Crippen LogP contribution is -2.56. The zero-order valence-corrected chi connectivity index (χ0v) is 12.2. The summed E-state index contributed by atoms with van der Waals surface area (Å²) in [7, 11) is 0. The van der Waals surface area contributed by atoms with E-state index in [1.165, 1.54) is 0 Å². The summed E-state index contributed by atoms with van der Waals surface area (Å²) in [6.07, 6.45) is 4.12. The lowest BCUT2D eigenvalue weighted by molar-refractivity contribution is 0.0534. The van der Waals surface area contributed by atoms with E-state index in [2.05, 4.69) is 17.1 Å². The number of nitrogens with one attached hydrogen (secondary N) is 1. The van der Waals surface area contributed by atoms with E-state index in [9.17, 15) is 4.79 Å². The van der Waals surface area contributed by atoms with Gasteiger partial charge in [0.2, 0.25) is 0 Å². The Morgan fingerprint density at radius 1 is 1.52 bits per heavy atom. The van der Waals surface area contributed by atoms with E-state index in [-0.39, 0.29) is 18.0 Å². The molecular formula is C15H20N4O2. The summed E-state index contributed by atoms with van der Waals surface area (Å²) in [6.45, 7) is 4.87. The normalized spacial score (nSPS) is 26.0. The fourth-order valence-electron chi connectivity index (χ4n) is 2.85. The van der Waals surface area contributed by atoms with Gasteiger partial charge in [0.25, 0.3) is 5.91 Å². The third-order valence-electron chi connectivity index (χ3n) is 4.42. The van der Waals surface area contributed by atoms with Gasteiger partial charge in [0, 0.05) is 24.2 Å². The number of furan rings is 1. The van der Waals surface area contributed by atoms with E-state index < -0.39 is 0 Å². The summed E-state index contributed by atoms with van der Waals surface area (Å²) in [5, 5.41) is 6.98. The summed E-state index contributed by atoms with van der Waals surface area (Å²) in [5.41, 5.74) is 8.22. The number of aromatic amines is 1. The molecule has 3 atom stereocenters. The van der Waals surface area contributed by atoms with Gasteiger partial charge >= 0.3 is 0 Å². The first-order valence-electron chi connectivity index (χ1n) is 7.22. The van der Waals surface area contributed by atoms with E-state index >= 15 is 0 Å². The Morgan fingerprint density at radius 2 is 2.33 bits per heavy atom. The quantitative estimate of drug-likeness (QED) is 0.883. The molecule has 0 bridgehead atoms. The Bertz CT molecular complexity index is 619. The minimum atomic E-state index is -0.0490. The number of hydrogen-bond donors (Lipinski definition) is 2. The van der Waals surface area contributed by atoms with Crippen LogP contribution in [0.25, 0.3) is 11.3 Å². The van der Waals surface area contributed by atoms with Crippen LogP contribution in [-0.2, 0) is 0 Å². The highest BCUT2D eigenvalue weighted by Crippen LogP contribution is 2.24. The highest BCUT2D eigenvalue weighted by Gasteiger charge is 2.34. The van der Waals surface area contributed by atoms with E-state index in [1.807, 2.05) is 17.9 Å². The zero-order chi connectivity index (χ0) is 15.0. The van der Waals surface area contributed by atoms with Gasteiger partial charge in [-0.2, -0.15) is 5.10 Å². The largest absolute Gasteiger partial charge is 0.472 e. The van der Waals surface area contributed by atoms with Crippen LogP contribution in [0.1, 0.15) is 30.8 Å². The maximum absolute atomic E-state index is 12.6. The summed E-state index contributed by atoms with van der Waals surface area (Å²) in [6, 6.07) is 3.61. The second kappa shape index (κ2) is 5.37. The second-order valence-corrected chi connectivity index (χ2v) is 5.76. The molecule has 2 aromatic heterocycles. The predicted molar refractivity (Wildman–Crippen MR) is 78.5 cm³/mol. The molecule has 3 N–H and O–H groups in total. The van der Waals surface area contributed by atoms with Gasteiger partial charge in [0.05, 0.1) is 18.2 Å². The number of H-pyrrole nitrogens is 1. The van der Waals surface area contributed by atoms with Crippen LogP contribution in [0.5, 0.6) is 0 Å². The molecule has 3 rings (SSSR count). The van der Waals surface area contributed by atoms with Crippen molar-refractivity contribution in [2.75, 3.05) is 6.54 Å². The lowest BCUT2D eigenvalue weighted by Gasteiger charge is -2.41. The Morgan fingerprint density at radius 3 is 3.05 bits per heavy atom. The summed E-state index contributed by atoms with van der Waals surface area (Å²) >= 11 is 0. The minimum Gasteiger partial charge on any atom is -0.472 e. The molecule has 0 unspecified atom stereocenters. The maximum Gasteiger partial charge on any atom is 0.272 e. The number of carbonyl (C=O) groups is 1. The first-order chi connectivity index (χ1) is 10.1. The van der Waals surface area contributed by atoms with Crippen molar-refractivity contribution in [1.29, 1.82) is 0 Å². The lowest BCUT2D eigenvalue weighted by atomic mass is 9.88. The molecule has 1 fully saturated rings. The molecule has 1 amide bonds. The molecule has 0 radical (unpaired) electrons. The fraction of sp³-hybridized carbons (Fsp3) is 0.467. The van der Waals surface area contributed by atoms with Gasteiger partial charge < -0.3 is 15.1 Å². The Hall–Kier alpha value is -2.08. The number of hydrogen-bond acceptors (Lipinski definition) is 4. The second-order valence-electron chi connectivity index (χ2n) is 5.76. The van der Waals surface area contributed by atoms with Crippen molar-refractivity contribution in [1.82, 2.24) is 15.1 Å². The third-order valence-corrected chi connectivity index (χ3v) is 4.42. The molecule has 0 aliphatic carbocycles. The smallest absolute Gasteiger partial charge is 0.272 e. The molecule has 0 spiro atoms. The number of likely N-dealkylation sites (tertiary alicyclic amines) is 1. The molecule has 2 aromatic rings. The van der Waals surface area contributed by atoms with Crippen molar-refractivity contribution in [3.8, 4) is 11.3 Å². The number of rotatable bonds is 2. The van der Waals surface area contributed by atoms with E-state index in [0.717, 1.165) is 18.5 Å². The van der Waals surface area contributed by atoms with Crippen LogP contribution >= 0.6 is 0 Å². The van der Waals surface area contributed by atoms with Crippen LogP contribution in [0.2, 0.25) is 0 Å². The van der Waals surface area contributed by atoms with E-state index in [4.69, 9.17) is 10.2 Å². The average Bonchev–Trinajstić information content (AvgIpc) is 3.14. The number of nitrogens with two attached hydrogens (primary N) is 1. The molecule has 0 saturated carbocycles. The van der Waals surface area contributed by atoms with Crippen LogP contribution in [-0.4, -0.2) is 39.6 Å². The van der Waals surface area contributed by atoms with E-state index in [1.54, 1.807) is 18.6 Å². The fourth-order valence-corrected chi connectivity index (χ4v) is 2.85. The summed E-state index contributed by atoms with van der Waals surface area (Å²) in [5.74, 6) is 0.388. The average molecular weight is 288 g/mol. The van der Waals surface area contributed by atoms with E-state index in [0.29, 0.717) is 17.3 Å². The number of aromatic nitrogens is 2. The van der Waals surface area contributed by atoms with Crippen LogP contribution in [0, 0.1) is 5.92 Å². The first kappa shape index (κ1) is 13.9. The number of amides is 1. The van der Waals surface area contributed by atoms with Crippen molar-refractivity contribution in [2.24, 2.45) is 11.7 Å². The van der Waals surface area contributed by atoms with Gasteiger partial charge in [0.1, 0.15) is 5.69 Å². The van der Waals surface area contributed by atoms with Crippen molar-refractivity contribution in [2.45, 2.75) is 32.4 Å². The van der Waals surface area contributed by atoms with Crippen LogP contribution in [0.4, 0.5) is 0 Å². The number of nitrogens with zero attached hydrogens (tertiary/aromatic N) is 2. The molecule has 1 saturated heterocycles. The topological polar surface area (TPSA) is 88.2 Å². The number of carbonyl (C=O) groups excluding carboxylic acids is 1. The van der Waals surface area contributed by atoms with Crippen molar-refractivity contribution < 1.29 is 9.21 Å². The standard InChI is InChI=1S/C15H20N4O2/c1-9-3-5-19(10(2)14(9)16)15(20)13-7-12(17-18-13)11-4-6-21-8-11/h4,6-10,14H,3,5,16H2,1-2H3,(H,17,18)/t9-,10-,14-/m0/s1. The van der Waals surface area contributed by atoms with Crippen molar-refractivity contribution in [3.63, 3.8) is 0 Å². The molecule has 6 nitrogen and oxygen atoms in total. The van der Waals surface area contributed by atoms with Crippen LogP contribution in [0.15, 0.2) is 29.1 Å². The summed E-state index contributed by atoms with van der Waals surface area (Å²) in [4.78, 5) is 14.5. The van der Waals surface area contributed by atoms with Gasteiger partial charge in [-0.25, -0.2) is 0 Å². The Kier molecular flexibility index (Phi) is 3.55. The minimum absolute atomic E-state index is 0.0129. The third kappa shape index (κ3) is 2.47. The number of piperidine rings is 1. The summed E-state index contributed by atoms with van der Waals surface area (Å²) < 4.78 is 5.03. The molecule has 3 heterocycles. The Labute approximate surface area is 123 Å². The van der Waals surface area contributed by atoms with Crippen molar-refractivity contribution in [3.05, 3.63) is 30.4 Å². The van der Waals surface area contributed by atoms with Gasteiger partial charge in [0.15, 0.2) is 0 Å². The molecule has 6 heteroatoms. The maximum atomic E-state index is 12.6. The molecule has 0 aromatic carbocycles. The monoisotopic (exact) mass is 288 g/mol. The van der Waals surface area contributed by atoms with Crippen molar-refractivity contribution >= 4 is 5.91 Å². The van der Waals surface area contributed by atoms with Gasteiger partial charge in [-0.15, -0.1) is 0 Å². The SMILES string of the molecule is C[C@H]1CCN(C(=O)c2cc(-c3ccoc3)n[nH]2)[C@@H](C)[C@H]1N. The van der Waals surface area contributed by atoms with Gasteiger partial charge in [-0.05, 0) is 31.4 Å². The predicted octanol–water partition coefficient (Wildman–Crippen LogP) is 1.87. The first-order valence-corrected chi connectivity index (χ1v) is 7.22. The highest BCUT2D eigenvalue weighted by atomic mass is 16.3. The van der Waals surface area contributed by atoms with Crippen LogP contribution < -0.4 is 5.73 Å². The highest BCUT2D eigenvalue weighted by molar-refractivity contribution is 5.93. The zero-order valence-electron chi connectivity index (χ0n) is 12.2. The molecule has 112 valence electrons.